The quantitative estimate of drug-likeness (QED) is 0.233. The molecule has 0 unspecified atom stereocenters. The highest BCUT2D eigenvalue weighted by Gasteiger charge is 2.14. The molecule has 0 aliphatic rings. The Kier molecular flexibility index (Phi) is 6.75. The molecule has 4 heteroatoms. The summed E-state index contributed by atoms with van der Waals surface area (Å²) in [7, 11) is 0. The molecule has 0 radical (unpaired) electrons. The number of ether oxygens (including phenoxy) is 1. The molecule has 0 amide bonds. The van der Waals surface area contributed by atoms with E-state index in [0.717, 1.165) is 21.9 Å². The van der Waals surface area contributed by atoms with Crippen molar-refractivity contribution in [1.29, 1.82) is 0 Å². The second kappa shape index (κ2) is 10.0. The number of carbonyl (C=O) groups is 3. The maximum atomic E-state index is 12.9. The van der Waals surface area contributed by atoms with E-state index in [0.29, 0.717) is 23.3 Å². The topological polar surface area (TPSA) is 60.4 Å². The van der Waals surface area contributed by atoms with Crippen LogP contribution in [0.3, 0.4) is 0 Å². The van der Waals surface area contributed by atoms with Gasteiger partial charge in [0.2, 0.25) is 0 Å². The van der Waals surface area contributed by atoms with Gasteiger partial charge in [-0.15, -0.1) is 0 Å². The van der Waals surface area contributed by atoms with E-state index in [4.69, 9.17) is 4.74 Å². The minimum atomic E-state index is -0.419. The first-order chi connectivity index (χ1) is 16.1. The SMILES string of the molecule is CCOC(=O)c1ccc(C(=O)CCC(=O)c2ccc3cccc(-c4ccccc4)c3c2)cc1. The highest BCUT2D eigenvalue weighted by molar-refractivity contribution is 6.06. The Bertz CT molecular complexity index is 1300. The van der Waals surface area contributed by atoms with Crippen molar-refractivity contribution in [2.45, 2.75) is 19.8 Å². The molecule has 4 rings (SSSR count). The van der Waals surface area contributed by atoms with Gasteiger partial charge in [0, 0.05) is 24.0 Å². The Balaban J connectivity index is 1.48. The van der Waals surface area contributed by atoms with Crippen LogP contribution in [0.5, 0.6) is 0 Å². The van der Waals surface area contributed by atoms with Crippen LogP contribution in [-0.4, -0.2) is 24.1 Å². The van der Waals surface area contributed by atoms with Gasteiger partial charge < -0.3 is 4.74 Å². The van der Waals surface area contributed by atoms with Crippen molar-refractivity contribution in [2.24, 2.45) is 0 Å². The average Bonchev–Trinajstić information content (AvgIpc) is 2.87. The van der Waals surface area contributed by atoms with Crippen molar-refractivity contribution in [3.05, 3.63) is 108 Å². The van der Waals surface area contributed by atoms with Crippen LogP contribution in [0.15, 0.2) is 91.0 Å². The van der Waals surface area contributed by atoms with Crippen molar-refractivity contribution in [3.63, 3.8) is 0 Å². The smallest absolute Gasteiger partial charge is 0.338 e. The molecular formula is C29H24O4. The molecule has 4 aromatic rings. The lowest BCUT2D eigenvalue weighted by Gasteiger charge is -2.09. The van der Waals surface area contributed by atoms with Crippen LogP contribution in [0.1, 0.15) is 50.8 Å². The lowest BCUT2D eigenvalue weighted by molar-refractivity contribution is 0.0526. The van der Waals surface area contributed by atoms with Crippen molar-refractivity contribution in [2.75, 3.05) is 6.61 Å². The van der Waals surface area contributed by atoms with E-state index in [1.165, 1.54) is 0 Å². The zero-order chi connectivity index (χ0) is 23.2. The van der Waals surface area contributed by atoms with Crippen LogP contribution >= 0.6 is 0 Å². The van der Waals surface area contributed by atoms with E-state index >= 15 is 0 Å². The number of hydrogen-bond acceptors (Lipinski definition) is 4. The minimum Gasteiger partial charge on any atom is -0.462 e. The second-order valence-corrected chi connectivity index (χ2v) is 7.75. The molecule has 0 spiro atoms. The van der Waals surface area contributed by atoms with Crippen LogP contribution < -0.4 is 0 Å². The molecule has 33 heavy (non-hydrogen) atoms. The van der Waals surface area contributed by atoms with Gasteiger partial charge in [-0.3, -0.25) is 9.59 Å². The highest BCUT2D eigenvalue weighted by Crippen LogP contribution is 2.29. The van der Waals surface area contributed by atoms with Gasteiger partial charge in [0.05, 0.1) is 12.2 Å². The summed E-state index contributed by atoms with van der Waals surface area (Å²) in [5, 5.41) is 2.07. The van der Waals surface area contributed by atoms with Crippen LogP contribution in [0.4, 0.5) is 0 Å². The maximum absolute atomic E-state index is 12.9. The monoisotopic (exact) mass is 436 g/mol. The van der Waals surface area contributed by atoms with E-state index in [-0.39, 0.29) is 24.4 Å². The number of esters is 1. The van der Waals surface area contributed by atoms with E-state index in [2.05, 4.69) is 18.2 Å². The molecule has 0 saturated carbocycles. The Labute approximate surface area is 192 Å². The minimum absolute atomic E-state index is 0.0729. The standard InChI is InChI=1S/C29H24O4/c1-2-33-29(32)23-14-12-22(13-15-23)27(30)17-18-28(31)24-16-11-21-9-6-10-25(26(21)19-24)20-7-4-3-5-8-20/h3-16,19H,2,17-18H2,1H3. The number of benzene rings is 4. The Hall–Kier alpha value is -4.05. The van der Waals surface area contributed by atoms with Gasteiger partial charge in [-0.1, -0.05) is 72.8 Å². The molecule has 4 nitrogen and oxygen atoms in total. The number of fused-ring (bicyclic) bond motifs is 1. The van der Waals surface area contributed by atoms with Gasteiger partial charge >= 0.3 is 5.97 Å². The van der Waals surface area contributed by atoms with E-state index in [1.54, 1.807) is 31.2 Å². The summed E-state index contributed by atoms with van der Waals surface area (Å²) >= 11 is 0. The molecule has 0 bridgehead atoms. The van der Waals surface area contributed by atoms with Crippen molar-refractivity contribution in [1.82, 2.24) is 0 Å². The third-order valence-electron chi connectivity index (χ3n) is 5.59. The Morgan fingerprint density at radius 3 is 2.00 bits per heavy atom. The van der Waals surface area contributed by atoms with Crippen molar-refractivity contribution < 1.29 is 19.1 Å². The second-order valence-electron chi connectivity index (χ2n) is 7.75. The van der Waals surface area contributed by atoms with Gasteiger partial charge in [0.1, 0.15) is 0 Å². The molecule has 0 atom stereocenters. The summed E-state index contributed by atoms with van der Waals surface area (Å²) in [4.78, 5) is 37.2. The molecule has 0 aliphatic heterocycles. The maximum Gasteiger partial charge on any atom is 0.338 e. The molecule has 164 valence electrons. The van der Waals surface area contributed by atoms with Gasteiger partial charge in [-0.25, -0.2) is 4.79 Å². The predicted octanol–water partition coefficient (Wildman–Crippen LogP) is 6.53. The number of ketones is 2. The predicted molar refractivity (Wildman–Crippen MR) is 130 cm³/mol. The Morgan fingerprint density at radius 1 is 0.667 bits per heavy atom. The van der Waals surface area contributed by atoms with E-state index in [1.807, 2.05) is 48.5 Å². The zero-order valence-corrected chi connectivity index (χ0v) is 18.4. The highest BCUT2D eigenvalue weighted by atomic mass is 16.5. The Morgan fingerprint density at radius 2 is 1.30 bits per heavy atom. The fourth-order valence-corrected chi connectivity index (χ4v) is 3.84. The average molecular weight is 437 g/mol. The summed E-state index contributed by atoms with van der Waals surface area (Å²) in [6, 6.07) is 28.2. The molecule has 0 aromatic heterocycles. The first kappa shape index (κ1) is 22.2. The molecule has 0 aliphatic carbocycles. The molecule has 0 fully saturated rings. The fourth-order valence-electron chi connectivity index (χ4n) is 3.84. The van der Waals surface area contributed by atoms with E-state index < -0.39 is 5.97 Å². The normalized spacial score (nSPS) is 10.7. The summed E-state index contributed by atoms with van der Waals surface area (Å²) in [6.07, 6.45) is 0.230. The van der Waals surface area contributed by atoms with Gasteiger partial charge in [-0.2, -0.15) is 0 Å². The van der Waals surface area contributed by atoms with E-state index in [9.17, 15) is 14.4 Å². The molecule has 4 aromatic carbocycles. The number of Topliss-reactive ketones (excluding diaryl/α,β-unsaturated/α-hetero) is 2. The fraction of sp³-hybridized carbons (Fsp3) is 0.138. The largest absolute Gasteiger partial charge is 0.462 e. The molecule has 0 heterocycles. The molecular weight excluding hydrogens is 412 g/mol. The summed E-state index contributed by atoms with van der Waals surface area (Å²) in [5.74, 6) is -0.626. The molecule has 0 saturated heterocycles. The van der Waals surface area contributed by atoms with Crippen molar-refractivity contribution in [3.8, 4) is 11.1 Å². The van der Waals surface area contributed by atoms with Gasteiger partial charge in [0.25, 0.3) is 0 Å². The first-order valence-corrected chi connectivity index (χ1v) is 11.0. The summed E-state index contributed by atoms with van der Waals surface area (Å²) < 4.78 is 4.95. The third-order valence-corrected chi connectivity index (χ3v) is 5.59. The lowest BCUT2D eigenvalue weighted by Crippen LogP contribution is -2.07. The van der Waals surface area contributed by atoms with Crippen LogP contribution in [0, 0.1) is 0 Å². The number of carbonyl (C=O) groups excluding carboxylic acids is 3. The zero-order valence-electron chi connectivity index (χ0n) is 18.4. The first-order valence-electron chi connectivity index (χ1n) is 11.0. The lowest BCUT2D eigenvalue weighted by atomic mass is 9.94. The van der Waals surface area contributed by atoms with Gasteiger partial charge in [0.15, 0.2) is 11.6 Å². The molecule has 0 N–H and O–H groups in total. The van der Waals surface area contributed by atoms with Crippen molar-refractivity contribution >= 4 is 28.3 Å². The number of rotatable bonds is 8. The summed E-state index contributed by atoms with van der Waals surface area (Å²) in [6.45, 7) is 2.04. The number of hydrogen-bond donors (Lipinski definition) is 0. The van der Waals surface area contributed by atoms with Crippen LogP contribution in [-0.2, 0) is 4.74 Å². The van der Waals surface area contributed by atoms with Crippen LogP contribution in [0.2, 0.25) is 0 Å². The van der Waals surface area contributed by atoms with Gasteiger partial charge in [-0.05, 0) is 47.0 Å². The third kappa shape index (κ3) is 5.07. The summed E-state index contributed by atoms with van der Waals surface area (Å²) in [5.41, 5.74) is 3.63. The van der Waals surface area contributed by atoms with Crippen LogP contribution in [0.25, 0.3) is 21.9 Å².